The molecule has 23 heavy (non-hydrogen) atoms. The van der Waals surface area contributed by atoms with E-state index in [9.17, 15) is 0 Å². The predicted molar refractivity (Wildman–Crippen MR) is 91.3 cm³/mol. The minimum Gasteiger partial charge on any atom is -0.480 e. The molecule has 4 heterocycles. The summed E-state index contributed by atoms with van der Waals surface area (Å²) in [6.07, 6.45) is 6.99. The zero-order valence-corrected chi connectivity index (χ0v) is 14.7. The van der Waals surface area contributed by atoms with Crippen molar-refractivity contribution in [1.29, 1.82) is 0 Å². The number of hydrogen-bond acceptors (Lipinski definition) is 7. The van der Waals surface area contributed by atoms with Crippen molar-refractivity contribution >= 4 is 28.1 Å². The van der Waals surface area contributed by atoms with Gasteiger partial charge in [0.2, 0.25) is 5.88 Å². The Balaban J connectivity index is 1.58. The average Bonchev–Trinajstić information content (AvgIpc) is 3.16. The summed E-state index contributed by atoms with van der Waals surface area (Å²) in [4.78, 5) is 16.9. The van der Waals surface area contributed by atoms with E-state index in [0.29, 0.717) is 0 Å². The maximum Gasteiger partial charge on any atom is 0.237 e. The SMILES string of the molecule is COc1nc2sccn2c1CN1CCc2nc(SC)ncc2C1. The number of methoxy groups -OCH3 is 1. The van der Waals surface area contributed by atoms with Crippen molar-refractivity contribution in [3.05, 3.63) is 34.7 Å². The summed E-state index contributed by atoms with van der Waals surface area (Å²) >= 11 is 3.21. The van der Waals surface area contributed by atoms with Crippen molar-refractivity contribution in [2.24, 2.45) is 0 Å². The Morgan fingerprint density at radius 3 is 3.13 bits per heavy atom. The first-order chi connectivity index (χ1) is 11.3. The second-order valence-corrected chi connectivity index (χ2v) is 7.06. The Hall–Kier alpha value is -1.64. The van der Waals surface area contributed by atoms with Crippen LogP contribution in [0.15, 0.2) is 22.9 Å². The molecular weight excluding hydrogens is 330 g/mol. The van der Waals surface area contributed by atoms with Gasteiger partial charge >= 0.3 is 0 Å². The van der Waals surface area contributed by atoms with Gasteiger partial charge in [0.15, 0.2) is 10.1 Å². The third-order valence-corrected chi connectivity index (χ3v) is 5.38. The monoisotopic (exact) mass is 347 g/mol. The Morgan fingerprint density at radius 1 is 1.39 bits per heavy atom. The molecule has 4 rings (SSSR count). The second kappa shape index (κ2) is 6.10. The smallest absolute Gasteiger partial charge is 0.237 e. The normalized spacial score (nSPS) is 15.0. The number of thioether (sulfide) groups is 1. The van der Waals surface area contributed by atoms with E-state index in [1.807, 2.05) is 12.5 Å². The third kappa shape index (κ3) is 2.71. The summed E-state index contributed by atoms with van der Waals surface area (Å²) in [5, 5.41) is 2.91. The quantitative estimate of drug-likeness (QED) is 0.534. The summed E-state index contributed by atoms with van der Waals surface area (Å²) in [6.45, 7) is 2.66. The van der Waals surface area contributed by atoms with Crippen molar-refractivity contribution < 1.29 is 4.74 Å². The van der Waals surface area contributed by atoms with E-state index in [4.69, 9.17) is 4.74 Å². The number of rotatable bonds is 4. The highest BCUT2D eigenvalue weighted by molar-refractivity contribution is 7.98. The maximum absolute atomic E-state index is 5.45. The number of imidazole rings is 1. The lowest BCUT2D eigenvalue weighted by Gasteiger charge is -2.27. The van der Waals surface area contributed by atoms with Crippen LogP contribution in [0.4, 0.5) is 0 Å². The van der Waals surface area contributed by atoms with Gasteiger partial charge in [0.1, 0.15) is 5.69 Å². The first-order valence-electron chi connectivity index (χ1n) is 7.38. The largest absolute Gasteiger partial charge is 0.480 e. The third-order valence-electron chi connectivity index (χ3n) is 4.06. The van der Waals surface area contributed by atoms with Crippen LogP contribution in [0.1, 0.15) is 17.0 Å². The number of ether oxygens (including phenoxy) is 1. The zero-order chi connectivity index (χ0) is 15.8. The summed E-state index contributed by atoms with van der Waals surface area (Å²) in [7, 11) is 1.68. The second-order valence-electron chi connectivity index (χ2n) is 5.41. The average molecular weight is 347 g/mol. The van der Waals surface area contributed by atoms with Gasteiger partial charge in [0, 0.05) is 49.4 Å². The van der Waals surface area contributed by atoms with Crippen LogP contribution in [0.2, 0.25) is 0 Å². The molecule has 6 nitrogen and oxygen atoms in total. The molecule has 0 fully saturated rings. The molecule has 3 aromatic rings. The molecule has 0 spiro atoms. The molecule has 0 saturated heterocycles. The van der Waals surface area contributed by atoms with Crippen molar-refractivity contribution in [1.82, 2.24) is 24.3 Å². The van der Waals surface area contributed by atoms with Gasteiger partial charge in [-0.1, -0.05) is 11.8 Å². The van der Waals surface area contributed by atoms with Gasteiger partial charge in [-0.15, -0.1) is 11.3 Å². The van der Waals surface area contributed by atoms with Gasteiger partial charge in [-0.05, 0) is 6.26 Å². The van der Waals surface area contributed by atoms with Crippen molar-refractivity contribution in [2.75, 3.05) is 19.9 Å². The molecule has 0 aromatic carbocycles. The van der Waals surface area contributed by atoms with Crippen molar-refractivity contribution in [3.63, 3.8) is 0 Å². The molecule has 0 aliphatic carbocycles. The standard InChI is InChI=1S/C15H17N5OS2/c1-21-13-12(20-5-6-23-15(20)18-13)9-19-4-3-11-10(8-19)7-16-14(17-11)22-2/h5-7H,3-4,8-9H2,1-2H3. The van der Waals surface area contributed by atoms with Crippen molar-refractivity contribution in [2.45, 2.75) is 24.7 Å². The highest BCUT2D eigenvalue weighted by atomic mass is 32.2. The number of nitrogens with zero attached hydrogens (tertiary/aromatic N) is 5. The van der Waals surface area contributed by atoms with Crippen LogP contribution < -0.4 is 4.74 Å². The molecule has 8 heteroatoms. The summed E-state index contributed by atoms with van der Waals surface area (Å²) in [5.74, 6) is 0.719. The van der Waals surface area contributed by atoms with Gasteiger partial charge in [0.05, 0.1) is 12.8 Å². The first kappa shape index (κ1) is 14.9. The highest BCUT2D eigenvalue weighted by Crippen LogP contribution is 2.27. The van der Waals surface area contributed by atoms with E-state index < -0.39 is 0 Å². The Kier molecular flexibility index (Phi) is 3.96. The molecule has 0 bridgehead atoms. The van der Waals surface area contributed by atoms with Gasteiger partial charge < -0.3 is 4.74 Å². The van der Waals surface area contributed by atoms with E-state index in [0.717, 1.165) is 47.7 Å². The lowest BCUT2D eigenvalue weighted by atomic mass is 10.1. The number of aromatic nitrogens is 4. The van der Waals surface area contributed by atoms with Crippen LogP contribution in [-0.4, -0.2) is 44.2 Å². The fourth-order valence-electron chi connectivity index (χ4n) is 2.92. The van der Waals surface area contributed by atoms with Gasteiger partial charge in [-0.25, -0.2) is 9.97 Å². The summed E-state index contributed by atoms with van der Waals surface area (Å²) in [6, 6.07) is 0. The van der Waals surface area contributed by atoms with Crippen LogP contribution in [0.25, 0.3) is 4.96 Å². The van der Waals surface area contributed by atoms with Crippen molar-refractivity contribution in [3.8, 4) is 5.88 Å². The Labute approximate surface area is 142 Å². The lowest BCUT2D eigenvalue weighted by Crippen LogP contribution is -2.31. The minimum atomic E-state index is 0.719. The van der Waals surface area contributed by atoms with Gasteiger partial charge in [-0.2, -0.15) is 4.98 Å². The van der Waals surface area contributed by atoms with E-state index in [2.05, 4.69) is 35.8 Å². The molecule has 0 saturated carbocycles. The predicted octanol–water partition coefficient (Wildman–Crippen LogP) is 2.47. The molecule has 1 aliphatic heterocycles. The van der Waals surface area contributed by atoms with E-state index in [1.165, 1.54) is 11.3 Å². The Bertz CT molecular complexity index is 844. The van der Waals surface area contributed by atoms with E-state index in [1.54, 1.807) is 30.2 Å². The van der Waals surface area contributed by atoms with Crippen LogP contribution >= 0.6 is 23.1 Å². The highest BCUT2D eigenvalue weighted by Gasteiger charge is 2.22. The fourth-order valence-corrected chi connectivity index (χ4v) is 4.01. The fraction of sp³-hybridized carbons (Fsp3) is 0.400. The number of hydrogen-bond donors (Lipinski definition) is 0. The Morgan fingerprint density at radius 2 is 2.30 bits per heavy atom. The van der Waals surface area contributed by atoms with Gasteiger partial charge in [0.25, 0.3) is 0 Å². The molecule has 120 valence electrons. The van der Waals surface area contributed by atoms with Crippen LogP contribution in [0.5, 0.6) is 5.88 Å². The molecule has 0 radical (unpaired) electrons. The lowest BCUT2D eigenvalue weighted by molar-refractivity contribution is 0.234. The molecular formula is C15H17N5OS2. The first-order valence-corrected chi connectivity index (χ1v) is 9.48. The molecule has 3 aromatic heterocycles. The topological polar surface area (TPSA) is 55.6 Å². The van der Waals surface area contributed by atoms with Crippen LogP contribution in [-0.2, 0) is 19.5 Å². The maximum atomic E-state index is 5.45. The number of thiazole rings is 1. The van der Waals surface area contributed by atoms with Crippen LogP contribution in [0, 0.1) is 0 Å². The molecule has 0 amide bonds. The number of fused-ring (bicyclic) bond motifs is 2. The zero-order valence-electron chi connectivity index (χ0n) is 13.0. The molecule has 0 unspecified atom stereocenters. The van der Waals surface area contributed by atoms with Gasteiger partial charge in [-0.3, -0.25) is 9.30 Å². The van der Waals surface area contributed by atoms with Crippen LogP contribution in [0.3, 0.4) is 0 Å². The molecule has 0 atom stereocenters. The minimum absolute atomic E-state index is 0.719. The molecule has 0 N–H and O–H groups in total. The van der Waals surface area contributed by atoms with E-state index in [-0.39, 0.29) is 0 Å². The van der Waals surface area contributed by atoms with E-state index >= 15 is 0 Å². The summed E-state index contributed by atoms with van der Waals surface area (Å²) in [5.41, 5.74) is 3.51. The summed E-state index contributed by atoms with van der Waals surface area (Å²) < 4.78 is 7.57. The molecule has 1 aliphatic rings.